The van der Waals surface area contributed by atoms with Crippen LogP contribution in [-0.2, 0) is 6.54 Å². The predicted molar refractivity (Wildman–Crippen MR) is 116 cm³/mol. The normalized spacial score (nSPS) is 22.4. The van der Waals surface area contributed by atoms with E-state index in [0.717, 1.165) is 32.5 Å². The van der Waals surface area contributed by atoms with Gasteiger partial charge in [0.05, 0.1) is 0 Å². The fourth-order valence-corrected chi connectivity index (χ4v) is 4.97. The summed E-state index contributed by atoms with van der Waals surface area (Å²) in [6.07, 6.45) is 4.93. The summed E-state index contributed by atoms with van der Waals surface area (Å²) >= 11 is 0. The van der Waals surface area contributed by atoms with Crippen LogP contribution in [0.3, 0.4) is 0 Å². The molecule has 0 aliphatic carbocycles. The minimum atomic E-state index is 0.363. The van der Waals surface area contributed by atoms with Crippen molar-refractivity contribution in [1.82, 2.24) is 9.80 Å². The van der Waals surface area contributed by atoms with Crippen LogP contribution in [0.15, 0.2) is 48.5 Å². The quantitative estimate of drug-likeness (QED) is 0.839. The number of benzene rings is 2. The molecule has 28 heavy (non-hydrogen) atoms. The lowest BCUT2D eigenvalue weighted by Gasteiger charge is -2.42. The lowest BCUT2D eigenvalue weighted by Crippen LogP contribution is -2.50. The topological polar surface area (TPSA) is 26.7 Å². The average molecular weight is 379 g/mol. The van der Waals surface area contributed by atoms with Crippen LogP contribution in [-0.4, -0.2) is 53.7 Å². The van der Waals surface area contributed by atoms with Gasteiger partial charge in [-0.25, -0.2) is 0 Å². The Kier molecular flexibility index (Phi) is 6.46. The SMILES string of the molecule is Cc1ccccc1-c1cccc(CN2CCC[C@H](N3CCC(CO)CC3)C2)c1. The summed E-state index contributed by atoms with van der Waals surface area (Å²) < 4.78 is 0. The summed E-state index contributed by atoms with van der Waals surface area (Å²) in [6.45, 7) is 8.30. The fraction of sp³-hybridized carbons (Fsp3) is 0.520. The average Bonchev–Trinajstić information content (AvgIpc) is 2.74. The van der Waals surface area contributed by atoms with Gasteiger partial charge >= 0.3 is 0 Å². The van der Waals surface area contributed by atoms with Crippen molar-refractivity contribution in [3.05, 3.63) is 59.7 Å². The lowest BCUT2D eigenvalue weighted by atomic mass is 9.94. The van der Waals surface area contributed by atoms with E-state index in [2.05, 4.69) is 65.3 Å². The van der Waals surface area contributed by atoms with Gasteiger partial charge in [0.25, 0.3) is 0 Å². The molecule has 4 rings (SSSR count). The van der Waals surface area contributed by atoms with Crippen LogP contribution in [0.5, 0.6) is 0 Å². The maximum absolute atomic E-state index is 9.39. The molecular weight excluding hydrogens is 344 g/mol. The third-order valence-electron chi connectivity index (χ3n) is 6.69. The maximum atomic E-state index is 9.39. The Bertz CT molecular complexity index is 767. The lowest BCUT2D eigenvalue weighted by molar-refractivity contribution is 0.0544. The molecule has 150 valence electrons. The van der Waals surface area contributed by atoms with Gasteiger partial charge in [-0.15, -0.1) is 0 Å². The highest BCUT2D eigenvalue weighted by atomic mass is 16.3. The van der Waals surface area contributed by atoms with Crippen molar-refractivity contribution >= 4 is 0 Å². The third-order valence-corrected chi connectivity index (χ3v) is 6.69. The maximum Gasteiger partial charge on any atom is 0.0460 e. The molecule has 3 heteroatoms. The van der Waals surface area contributed by atoms with E-state index in [1.165, 1.54) is 48.2 Å². The highest BCUT2D eigenvalue weighted by molar-refractivity contribution is 5.67. The summed E-state index contributed by atoms with van der Waals surface area (Å²) in [6, 6.07) is 18.4. The zero-order chi connectivity index (χ0) is 19.3. The number of likely N-dealkylation sites (tertiary alicyclic amines) is 2. The summed E-state index contributed by atoms with van der Waals surface area (Å²) in [7, 11) is 0. The van der Waals surface area contributed by atoms with Gasteiger partial charge in [-0.2, -0.15) is 0 Å². The number of aliphatic hydroxyl groups excluding tert-OH is 1. The van der Waals surface area contributed by atoms with E-state index in [9.17, 15) is 5.11 Å². The second-order valence-electron chi connectivity index (χ2n) is 8.71. The van der Waals surface area contributed by atoms with E-state index >= 15 is 0 Å². The summed E-state index contributed by atoms with van der Waals surface area (Å²) in [5, 5.41) is 9.39. The van der Waals surface area contributed by atoms with Crippen LogP contribution in [0.4, 0.5) is 0 Å². The van der Waals surface area contributed by atoms with Crippen LogP contribution >= 0.6 is 0 Å². The molecule has 1 atom stereocenters. The standard InChI is InChI=1S/C25H34N2O/c1-20-6-2-3-10-25(20)23-8-4-7-22(16-23)17-26-13-5-9-24(18-26)27-14-11-21(19-28)12-15-27/h2-4,6-8,10,16,21,24,28H,5,9,11-15,17-19H2,1H3/t24-/m0/s1. The highest BCUT2D eigenvalue weighted by Crippen LogP contribution is 2.26. The molecule has 0 bridgehead atoms. The van der Waals surface area contributed by atoms with E-state index in [4.69, 9.17) is 0 Å². The van der Waals surface area contributed by atoms with Crippen molar-refractivity contribution in [2.24, 2.45) is 5.92 Å². The Hall–Kier alpha value is -1.68. The smallest absolute Gasteiger partial charge is 0.0460 e. The fourth-order valence-electron chi connectivity index (χ4n) is 4.97. The number of aryl methyl sites for hydroxylation is 1. The number of aliphatic hydroxyl groups is 1. The van der Waals surface area contributed by atoms with Crippen LogP contribution in [0, 0.1) is 12.8 Å². The van der Waals surface area contributed by atoms with Crippen LogP contribution in [0.25, 0.3) is 11.1 Å². The van der Waals surface area contributed by atoms with Crippen molar-refractivity contribution in [3.8, 4) is 11.1 Å². The van der Waals surface area contributed by atoms with E-state index in [1.807, 2.05) is 0 Å². The van der Waals surface area contributed by atoms with E-state index in [0.29, 0.717) is 18.6 Å². The molecule has 0 spiro atoms. The highest BCUT2D eigenvalue weighted by Gasteiger charge is 2.28. The monoisotopic (exact) mass is 378 g/mol. The van der Waals surface area contributed by atoms with Gasteiger partial charge in [0, 0.05) is 25.7 Å². The molecule has 2 fully saturated rings. The first kappa shape index (κ1) is 19.6. The van der Waals surface area contributed by atoms with E-state index < -0.39 is 0 Å². The molecule has 0 amide bonds. The number of nitrogens with zero attached hydrogens (tertiary/aromatic N) is 2. The molecular formula is C25H34N2O. The molecule has 2 aromatic carbocycles. The molecule has 0 aromatic heterocycles. The molecule has 0 saturated carbocycles. The Morgan fingerprint density at radius 3 is 2.57 bits per heavy atom. The van der Waals surface area contributed by atoms with Gasteiger partial charge in [0.2, 0.25) is 0 Å². The van der Waals surface area contributed by atoms with Gasteiger partial charge in [-0.1, -0.05) is 42.5 Å². The van der Waals surface area contributed by atoms with Gasteiger partial charge in [-0.05, 0) is 86.5 Å². The minimum Gasteiger partial charge on any atom is -0.396 e. The molecule has 2 saturated heterocycles. The largest absolute Gasteiger partial charge is 0.396 e. The number of piperidine rings is 2. The second kappa shape index (κ2) is 9.21. The van der Waals surface area contributed by atoms with Gasteiger partial charge in [0.15, 0.2) is 0 Å². The van der Waals surface area contributed by atoms with Crippen LogP contribution in [0.1, 0.15) is 36.8 Å². The zero-order valence-electron chi connectivity index (χ0n) is 17.2. The summed E-state index contributed by atoms with van der Waals surface area (Å²) in [4.78, 5) is 5.32. The number of rotatable bonds is 5. The first-order valence-corrected chi connectivity index (χ1v) is 10.9. The van der Waals surface area contributed by atoms with Gasteiger partial charge in [0.1, 0.15) is 0 Å². The van der Waals surface area contributed by atoms with Crippen molar-refractivity contribution < 1.29 is 5.11 Å². The Morgan fingerprint density at radius 2 is 1.79 bits per heavy atom. The van der Waals surface area contributed by atoms with Crippen LogP contribution in [0.2, 0.25) is 0 Å². The Balaban J connectivity index is 1.39. The van der Waals surface area contributed by atoms with Gasteiger partial charge < -0.3 is 5.11 Å². The minimum absolute atomic E-state index is 0.363. The van der Waals surface area contributed by atoms with Crippen LogP contribution < -0.4 is 0 Å². The molecule has 2 heterocycles. The Labute approximate surface area is 170 Å². The summed E-state index contributed by atoms with van der Waals surface area (Å²) in [5.74, 6) is 0.528. The molecule has 3 nitrogen and oxygen atoms in total. The molecule has 0 unspecified atom stereocenters. The second-order valence-corrected chi connectivity index (χ2v) is 8.71. The summed E-state index contributed by atoms with van der Waals surface area (Å²) in [5.41, 5.74) is 5.42. The van der Waals surface area contributed by atoms with E-state index in [1.54, 1.807) is 0 Å². The first-order valence-electron chi connectivity index (χ1n) is 10.9. The molecule has 2 aromatic rings. The predicted octanol–water partition coefficient (Wildman–Crippen LogP) is 4.33. The first-order chi connectivity index (χ1) is 13.7. The van der Waals surface area contributed by atoms with Crippen molar-refractivity contribution in [2.75, 3.05) is 32.8 Å². The van der Waals surface area contributed by atoms with Gasteiger partial charge in [-0.3, -0.25) is 9.80 Å². The molecule has 2 aliphatic rings. The van der Waals surface area contributed by atoms with Crippen molar-refractivity contribution in [3.63, 3.8) is 0 Å². The molecule has 2 aliphatic heterocycles. The molecule has 1 N–H and O–H groups in total. The number of hydrogen-bond acceptors (Lipinski definition) is 3. The van der Waals surface area contributed by atoms with E-state index in [-0.39, 0.29) is 0 Å². The Morgan fingerprint density at radius 1 is 0.964 bits per heavy atom. The number of hydrogen-bond donors (Lipinski definition) is 1. The molecule has 0 radical (unpaired) electrons. The third kappa shape index (κ3) is 4.65. The zero-order valence-corrected chi connectivity index (χ0v) is 17.2. The van der Waals surface area contributed by atoms with Crippen molar-refractivity contribution in [1.29, 1.82) is 0 Å². The van der Waals surface area contributed by atoms with Crippen molar-refractivity contribution in [2.45, 2.75) is 45.2 Å².